The van der Waals surface area contributed by atoms with Gasteiger partial charge in [-0.3, -0.25) is 14.5 Å². The molecule has 1 fully saturated rings. The molecule has 2 aliphatic carbocycles. The summed E-state index contributed by atoms with van der Waals surface area (Å²) in [7, 11) is 1.65. The standard InChI is InChI=1S/C39H37ClN2O5/c1-3-46-36-22-27(14-19-35(36)47-23-24-8-15-29(40)16-9-24)38-37-32(20-28(21-34(37)43)25-12-17-30(45-2)18-13-25)41-31-6-4-5-7-33(31)42(38)39(44)26-10-11-26/h4-9,12-19,22,26,28,38,41H,3,10-11,20-21,23H2,1-2H3. The maximum absolute atomic E-state index is 14.4. The summed E-state index contributed by atoms with van der Waals surface area (Å²) >= 11 is 6.07. The zero-order chi connectivity index (χ0) is 32.5. The van der Waals surface area contributed by atoms with Crippen LogP contribution in [-0.4, -0.2) is 25.4 Å². The van der Waals surface area contributed by atoms with E-state index in [1.54, 1.807) is 7.11 Å². The van der Waals surface area contributed by atoms with E-state index < -0.39 is 6.04 Å². The molecule has 1 heterocycles. The summed E-state index contributed by atoms with van der Waals surface area (Å²) in [5, 5.41) is 4.29. The van der Waals surface area contributed by atoms with Crippen LogP contribution in [-0.2, 0) is 16.2 Å². The predicted molar refractivity (Wildman–Crippen MR) is 183 cm³/mol. The van der Waals surface area contributed by atoms with E-state index in [2.05, 4.69) is 5.32 Å². The molecule has 0 aromatic heterocycles. The fourth-order valence-electron chi connectivity index (χ4n) is 6.61. The average molecular weight is 649 g/mol. The molecule has 0 radical (unpaired) electrons. The number of ketones is 1. The van der Waals surface area contributed by atoms with Crippen LogP contribution in [0.2, 0.25) is 5.02 Å². The molecule has 1 amide bonds. The fourth-order valence-corrected chi connectivity index (χ4v) is 6.74. The Morgan fingerprint density at radius 3 is 2.36 bits per heavy atom. The van der Waals surface area contributed by atoms with E-state index in [9.17, 15) is 9.59 Å². The zero-order valence-corrected chi connectivity index (χ0v) is 27.3. The number of amides is 1. The molecule has 2 atom stereocenters. The van der Waals surface area contributed by atoms with Gasteiger partial charge in [0, 0.05) is 28.6 Å². The lowest BCUT2D eigenvalue weighted by Gasteiger charge is -2.35. The lowest BCUT2D eigenvalue weighted by Crippen LogP contribution is -2.39. The van der Waals surface area contributed by atoms with E-state index in [0.29, 0.717) is 48.2 Å². The van der Waals surface area contributed by atoms with Gasteiger partial charge in [0.15, 0.2) is 17.3 Å². The van der Waals surface area contributed by atoms with Crippen LogP contribution in [0, 0.1) is 5.92 Å². The number of fused-ring (bicyclic) bond motifs is 1. The Hall–Kier alpha value is -4.75. The van der Waals surface area contributed by atoms with Crippen LogP contribution in [0.4, 0.5) is 11.4 Å². The molecule has 4 aromatic rings. The molecule has 1 saturated carbocycles. The van der Waals surface area contributed by atoms with Crippen molar-refractivity contribution in [2.45, 2.75) is 51.2 Å². The fraction of sp³-hybridized carbons (Fsp3) is 0.282. The number of hydrogen-bond donors (Lipinski definition) is 1. The Bertz CT molecular complexity index is 1830. The van der Waals surface area contributed by atoms with Crippen LogP contribution in [0.15, 0.2) is 102 Å². The van der Waals surface area contributed by atoms with Crippen molar-refractivity contribution in [1.82, 2.24) is 0 Å². The van der Waals surface area contributed by atoms with Crippen molar-refractivity contribution in [2.75, 3.05) is 23.9 Å². The topological polar surface area (TPSA) is 77.1 Å². The van der Waals surface area contributed by atoms with Crippen molar-refractivity contribution in [3.63, 3.8) is 0 Å². The van der Waals surface area contributed by atoms with Crippen molar-refractivity contribution >= 4 is 34.7 Å². The van der Waals surface area contributed by atoms with E-state index in [1.165, 1.54) is 0 Å². The van der Waals surface area contributed by atoms with Gasteiger partial charge >= 0.3 is 0 Å². The van der Waals surface area contributed by atoms with Crippen LogP contribution in [0.3, 0.4) is 0 Å². The quantitative estimate of drug-likeness (QED) is 0.196. The second kappa shape index (κ2) is 13.2. The van der Waals surface area contributed by atoms with Crippen LogP contribution >= 0.6 is 11.6 Å². The summed E-state index contributed by atoms with van der Waals surface area (Å²) in [5.74, 6) is 1.90. The highest BCUT2D eigenvalue weighted by molar-refractivity contribution is 6.30. The number of nitrogens with one attached hydrogen (secondary N) is 1. The highest BCUT2D eigenvalue weighted by Gasteiger charge is 2.45. The van der Waals surface area contributed by atoms with Crippen LogP contribution in [0.1, 0.15) is 61.3 Å². The lowest BCUT2D eigenvalue weighted by atomic mass is 9.78. The number of carbonyl (C=O) groups is 2. The second-order valence-electron chi connectivity index (χ2n) is 12.3. The minimum Gasteiger partial charge on any atom is -0.497 e. The number of anilines is 2. The van der Waals surface area contributed by atoms with Crippen LogP contribution < -0.4 is 24.4 Å². The summed E-state index contributed by atoms with van der Waals surface area (Å²) in [6.07, 6.45) is 2.66. The first-order chi connectivity index (χ1) is 22.9. The lowest BCUT2D eigenvalue weighted by molar-refractivity contribution is -0.120. The summed E-state index contributed by atoms with van der Waals surface area (Å²) in [6, 6.07) is 28.4. The zero-order valence-electron chi connectivity index (χ0n) is 26.5. The third-order valence-corrected chi connectivity index (χ3v) is 9.38. The number of para-hydroxylation sites is 2. The van der Waals surface area contributed by atoms with E-state index in [-0.39, 0.29) is 23.5 Å². The molecular formula is C39H37ClN2O5. The summed E-state index contributed by atoms with van der Waals surface area (Å²) in [4.78, 5) is 30.5. The van der Waals surface area contributed by atoms with Crippen molar-refractivity contribution in [3.05, 3.63) is 124 Å². The third-order valence-electron chi connectivity index (χ3n) is 9.13. The van der Waals surface area contributed by atoms with E-state index in [0.717, 1.165) is 52.4 Å². The van der Waals surface area contributed by atoms with Gasteiger partial charge < -0.3 is 19.5 Å². The molecule has 1 aliphatic heterocycles. The molecule has 0 saturated heterocycles. The van der Waals surface area contributed by atoms with Crippen LogP contribution in [0.5, 0.6) is 17.2 Å². The van der Waals surface area contributed by atoms with Gasteiger partial charge in [-0.25, -0.2) is 0 Å². The molecule has 8 heteroatoms. The molecule has 7 nitrogen and oxygen atoms in total. The number of benzene rings is 4. The third kappa shape index (κ3) is 6.32. The first-order valence-electron chi connectivity index (χ1n) is 16.2. The Morgan fingerprint density at radius 1 is 0.894 bits per heavy atom. The molecule has 0 spiro atoms. The van der Waals surface area contributed by atoms with Gasteiger partial charge in [0.1, 0.15) is 12.4 Å². The monoisotopic (exact) mass is 648 g/mol. The number of carbonyl (C=O) groups excluding carboxylic acids is 2. The molecule has 0 bridgehead atoms. The maximum Gasteiger partial charge on any atom is 0.231 e. The number of halogens is 1. The van der Waals surface area contributed by atoms with E-state index in [1.807, 2.05) is 103 Å². The average Bonchev–Trinajstić information content (AvgIpc) is 3.95. The van der Waals surface area contributed by atoms with Gasteiger partial charge in [0.2, 0.25) is 5.91 Å². The number of Topliss-reactive ketones (excluding diaryl/α,β-unsaturated/α-hetero) is 1. The first kappa shape index (κ1) is 30.9. The second-order valence-corrected chi connectivity index (χ2v) is 12.7. The number of ether oxygens (including phenoxy) is 3. The summed E-state index contributed by atoms with van der Waals surface area (Å²) < 4.78 is 17.7. The van der Waals surface area contributed by atoms with Crippen molar-refractivity contribution in [1.29, 1.82) is 0 Å². The smallest absolute Gasteiger partial charge is 0.231 e. The number of allylic oxidation sites excluding steroid dienone is 1. The Labute approximate surface area is 280 Å². The Kier molecular flexibility index (Phi) is 8.65. The van der Waals surface area contributed by atoms with Crippen molar-refractivity contribution < 1.29 is 23.8 Å². The predicted octanol–water partition coefficient (Wildman–Crippen LogP) is 8.64. The van der Waals surface area contributed by atoms with Crippen molar-refractivity contribution in [2.24, 2.45) is 5.92 Å². The van der Waals surface area contributed by atoms with Crippen LogP contribution in [0.25, 0.3) is 0 Å². The molecule has 1 N–H and O–H groups in total. The van der Waals surface area contributed by atoms with E-state index >= 15 is 0 Å². The molecule has 7 rings (SSSR count). The first-order valence-corrected chi connectivity index (χ1v) is 16.5. The van der Waals surface area contributed by atoms with Gasteiger partial charge in [-0.15, -0.1) is 0 Å². The highest BCUT2D eigenvalue weighted by atomic mass is 35.5. The molecule has 4 aromatic carbocycles. The van der Waals surface area contributed by atoms with Crippen molar-refractivity contribution in [3.8, 4) is 17.2 Å². The van der Waals surface area contributed by atoms with Gasteiger partial charge in [-0.05, 0) is 97.3 Å². The van der Waals surface area contributed by atoms with Gasteiger partial charge in [-0.1, -0.05) is 54.1 Å². The minimum atomic E-state index is -0.636. The minimum absolute atomic E-state index is 0.0132. The number of hydrogen-bond acceptors (Lipinski definition) is 6. The number of methoxy groups -OCH3 is 1. The molecular weight excluding hydrogens is 612 g/mol. The molecule has 2 unspecified atom stereocenters. The normalized spacial score (nSPS) is 18.9. The molecule has 3 aliphatic rings. The summed E-state index contributed by atoms with van der Waals surface area (Å²) in [5.41, 5.74) is 5.88. The van der Waals surface area contributed by atoms with Gasteiger partial charge in [-0.2, -0.15) is 0 Å². The molecule has 47 heavy (non-hydrogen) atoms. The highest BCUT2D eigenvalue weighted by Crippen LogP contribution is 2.50. The summed E-state index contributed by atoms with van der Waals surface area (Å²) in [6.45, 7) is 2.69. The SMILES string of the molecule is CCOc1cc(C2C3=C(CC(c4ccc(OC)cc4)CC3=O)Nc3ccccc3N2C(=O)C2CC2)ccc1OCc1ccc(Cl)cc1. The number of rotatable bonds is 9. The largest absolute Gasteiger partial charge is 0.497 e. The van der Waals surface area contributed by atoms with Gasteiger partial charge in [0.05, 0.1) is 31.1 Å². The Morgan fingerprint density at radius 2 is 1.64 bits per heavy atom. The Balaban J connectivity index is 1.32. The van der Waals surface area contributed by atoms with E-state index in [4.69, 9.17) is 25.8 Å². The molecule has 240 valence electrons. The number of nitrogens with zero attached hydrogens (tertiary/aromatic N) is 1. The maximum atomic E-state index is 14.4. The van der Waals surface area contributed by atoms with Gasteiger partial charge in [0.25, 0.3) is 0 Å².